The summed E-state index contributed by atoms with van der Waals surface area (Å²) < 4.78 is 24.5. The minimum absolute atomic E-state index is 0.175. The molecule has 0 rings (SSSR count). The summed E-state index contributed by atoms with van der Waals surface area (Å²) in [6, 6.07) is 0. The summed E-state index contributed by atoms with van der Waals surface area (Å²) in [5, 5.41) is 0. The second-order valence-corrected chi connectivity index (χ2v) is 5.72. The van der Waals surface area contributed by atoms with E-state index in [9.17, 15) is 8.42 Å². The lowest BCUT2D eigenvalue weighted by Gasteiger charge is -2.16. The lowest BCUT2D eigenvalue weighted by molar-refractivity contribution is 0.490. The van der Waals surface area contributed by atoms with Crippen LogP contribution in [-0.4, -0.2) is 38.6 Å². The standard InChI is InChI=1S/C9H20N2O2S/c1-9(2)8-11(3)14(12,13)7-5-4-6-10/h1,4-8,10H2,2-3H3. The van der Waals surface area contributed by atoms with Gasteiger partial charge in [-0.25, -0.2) is 12.7 Å². The van der Waals surface area contributed by atoms with Crippen molar-refractivity contribution in [2.24, 2.45) is 5.73 Å². The lowest BCUT2D eigenvalue weighted by Crippen LogP contribution is -2.30. The van der Waals surface area contributed by atoms with Gasteiger partial charge in [-0.05, 0) is 26.3 Å². The molecule has 0 atom stereocenters. The van der Waals surface area contributed by atoms with Gasteiger partial charge in [0.05, 0.1) is 5.75 Å². The molecule has 0 amide bonds. The molecule has 4 nitrogen and oxygen atoms in total. The molecule has 0 aromatic rings. The average Bonchev–Trinajstić information content (AvgIpc) is 2.03. The Hall–Kier alpha value is -0.390. The fourth-order valence-electron chi connectivity index (χ4n) is 1.06. The zero-order valence-corrected chi connectivity index (χ0v) is 9.81. The molecule has 0 aliphatic heterocycles. The molecule has 0 fully saturated rings. The Morgan fingerprint density at radius 3 is 2.43 bits per heavy atom. The second-order valence-electron chi connectivity index (χ2n) is 3.52. The Balaban J connectivity index is 4.10. The zero-order chi connectivity index (χ0) is 11.2. The Morgan fingerprint density at radius 1 is 1.43 bits per heavy atom. The highest BCUT2D eigenvalue weighted by molar-refractivity contribution is 7.89. The van der Waals surface area contributed by atoms with Gasteiger partial charge in [0, 0.05) is 13.6 Å². The highest BCUT2D eigenvalue weighted by Gasteiger charge is 2.16. The Morgan fingerprint density at radius 2 is 2.00 bits per heavy atom. The third-order valence-corrected chi connectivity index (χ3v) is 3.71. The van der Waals surface area contributed by atoms with Gasteiger partial charge in [0.15, 0.2) is 0 Å². The van der Waals surface area contributed by atoms with Gasteiger partial charge in [0.1, 0.15) is 0 Å². The number of hydrogen-bond donors (Lipinski definition) is 1. The molecule has 0 aliphatic rings. The van der Waals surface area contributed by atoms with Crippen LogP contribution in [0.15, 0.2) is 12.2 Å². The first kappa shape index (κ1) is 13.6. The van der Waals surface area contributed by atoms with Crippen LogP contribution in [0.25, 0.3) is 0 Å². The van der Waals surface area contributed by atoms with Crippen molar-refractivity contribution in [3.63, 3.8) is 0 Å². The first-order valence-electron chi connectivity index (χ1n) is 4.68. The topological polar surface area (TPSA) is 63.4 Å². The molecule has 0 heterocycles. The Labute approximate surface area is 86.8 Å². The van der Waals surface area contributed by atoms with E-state index in [4.69, 9.17) is 5.73 Å². The second kappa shape index (κ2) is 6.16. The maximum absolute atomic E-state index is 11.6. The third-order valence-electron chi connectivity index (χ3n) is 1.82. The van der Waals surface area contributed by atoms with Crippen LogP contribution in [0.2, 0.25) is 0 Å². The fourth-order valence-corrected chi connectivity index (χ4v) is 2.36. The van der Waals surface area contributed by atoms with Crippen molar-refractivity contribution < 1.29 is 8.42 Å². The molecule has 0 aliphatic carbocycles. The first-order valence-corrected chi connectivity index (χ1v) is 6.29. The van der Waals surface area contributed by atoms with Gasteiger partial charge >= 0.3 is 0 Å². The van der Waals surface area contributed by atoms with Gasteiger partial charge < -0.3 is 5.73 Å². The monoisotopic (exact) mass is 220 g/mol. The van der Waals surface area contributed by atoms with Crippen LogP contribution < -0.4 is 5.73 Å². The van der Waals surface area contributed by atoms with Crippen molar-refractivity contribution in [1.29, 1.82) is 0 Å². The van der Waals surface area contributed by atoms with Crippen molar-refractivity contribution in [2.75, 3.05) is 25.9 Å². The van der Waals surface area contributed by atoms with E-state index in [1.54, 1.807) is 7.05 Å². The van der Waals surface area contributed by atoms with E-state index >= 15 is 0 Å². The number of rotatable bonds is 7. The minimum Gasteiger partial charge on any atom is -0.330 e. The highest BCUT2D eigenvalue weighted by Crippen LogP contribution is 2.04. The number of hydrogen-bond acceptors (Lipinski definition) is 3. The molecule has 0 aromatic carbocycles. The zero-order valence-electron chi connectivity index (χ0n) is 8.99. The van der Waals surface area contributed by atoms with E-state index in [2.05, 4.69) is 6.58 Å². The van der Waals surface area contributed by atoms with Crippen LogP contribution in [0.1, 0.15) is 19.8 Å². The molecule has 0 aromatic heterocycles. The lowest BCUT2D eigenvalue weighted by atomic mass is 10.3. The smallest absolute Gasteiger partial charge is 0.214 e. The summed E-state index contributed by atoms with van der Waals surface area (Å²) in [6.07, 6.45) is 1.37. The Bertz CT molecular complexity index is 273. The quantitative estimate of drug-likeness (QED) is 0.504. The van der Waals surface area contributed by atoms with E-state index < -0.39 is 10.0 Å². The molecule has 0 saturated heterocycles. The summed E-state index contributed by atoms with van der Waals surface area (Å²) in [4.78, 5) is 0. The molecular formula is C9H20N2O2S. The van der Waals surface area contributed by atoms with Crippen molar-refractivity contribution >= 4 is 10.0 Å². The van der Waals surface area contributed by atoms with Crippen molar-refractivity contribution in [1.82, 2.24) is 4.31 Å². The van der Waals surface area contributed by atoms with Gasteiger partial charge in [-0.2, -0.15) is 0 Å². The Kier molecular flexibility index (Phi) is 5.99. The van der Waals surface area contributed by atoms with Crippen LogP contribution in [0.4, 0.5) is 0 Å². The average molecular weight is 220 g/mol. The van der Waals surface area contributed by atoms with Gasteiger partial charge in [-0.15, -0.1) is 0 Å². The van der Waals surface area contributed by atoms with E-state index in [0.717, 1.165) is 12.0 Å². The molecule has 0 unspecified atom stereocenters. The summed E-state index contributed by atoms with van der Waals surface area (Å²) in [5.74, 6) is 0.175. The maximum atomic E-state index is 11.6. The van der Waals surface area contributed by atoms with E-state index in [-0.39, 0.29) is 5.75 Å². The molecular weight excluding hydrogens is 200 g/mol. The number of unbranched alkanes of at least 4 members (excludes halogenated alkanes) is 1. The molecule has 2 N–H and O–H groups in total. The van der Waals surface area contributed by atoms with Crippen LogP contribution in [-0.2, 0) is 10.0 Å². The number of sulfonamides is 1. The number of likely N-dealkylation sites (N-methyl/N-ethyl adjacent to an activating group) is 1. The van der Waals surface area contributed by atoms with Crippen LogP contribution in [0.5, 0.6) is 0 Å². The summed E-state index contributed by atoms with van der Waals surface area (Å²) in [6.45, 7) is 6.43. The van der Waals surface area contributed by atoms with E-state index in [0.29, 0.717) is 19.5 Å². The third kappa shape index (κ3) is 5.36. The summed E-state index contributed by atoms with van der Waals surface area (Å²) in [7, 11) is -1.53. The van der Waals surface area contributed by atoms with Crippen molar-refractivity contribution in [3.05, 3.63) is 12.2 Å². The SMILES string of the molecule is C=C(C)CN(C)S(=O)(=O)CCCCN. The normalized spacial score (nSPS) is 12.0. The van der Waals surface area contributed by atoms with Crippen molar-refractivity contribution in [3.8, 4) is 0 Å². The first-order chi connectivity index (χ1) is 6.40. The molecule has 0 bridgehead atoms. The molecule has 0 spiro atoms. The maximum Gasteiger partial charge on any atom is 0.214 e. The van der Waals surface area contributed by atoms with Crippen LogP contribution in [0.3, 0.4) is 0 Å². The minimum atomic E-state index is -3.11. The fraction of sp³-hybridized carbons (Fsp3) is 0.778. The van der Waals surface area contributed by atoms with Gasteiger partial charge in [0.25, 0.3) is 0 Å². The van der Waals surface area contributed by atoms with Crippen molar-refractivity contribution in [2.45, 2.75) is 19.8 Å². The van der Waals surface area contributed by atoms with E-state index in [1.807, 2.05) is 6.92 Å². The highest BCUT2D eigenvalue weighted by atomic mass is 32.2. The van der Waals surface area contributed by atoms with Gasteiger partial charge in [-0.1, -0.05) is 12.2 Å². The van der Waals surface area contributed by atoms with Crippen LogP contribution in [0, 0.1) is 0 Å². The summed E-state index contributed by atoms with van der Waals surface area (Å²) in [5.41, 5.74) is 6.13. The summed E-state index contributed by atoms with van der Waals surface area (Å²) >= 11 is 0. The molecule has 14 heavy (non-hydrogen) atoms. The van der Waals surface area contributed by atoms with E-state index in [1.165, 1.54) is 4.31 Å². The van der Waals surface area contributed by atoms with Crippen LogP contribution >= 0.6 is 0 Å². The number of nitrogens with two attached hydrogens (primary N) is 1. The molecule has 5 heteroatoms. The predicted molar refractivity (Wildman–Crippen MR) is 59.5 cm³/mol. The van der Waals surface area contributed by atoms with Gasteiger partial charge in [0.2, 0.25) is 10.0 Å². The molecule has 84 valence electrons. The predicted octanol–water partition coefficient (Wildman–Crippen LogP) is 0.563. The molecule has 0 radical (unpaired) electrons. The van der Waals surface area contributed by atoms with Gasteiger partial charge in [-0.3, -0.25) is 0 Å². The molecule has 0 saturated carbocycles. The largest absolute Gasteiger partial charge is 0.330 e. The number of nitrogens with zero attached hydrogens (tertiary/aromatic N) is 1.